The highest BCUT2D eigenvalue weighted by atomic mass is 32.2. The molecule has 118 valence electrons. The van der Waals surface area contributed by atoms with Gasteiger partial charge in [-0.25, -0.2) is 4.72 Å². The van der Waals surface area contributed by atoms with E-state index < -0.39 is 16.2 Å². The number of thioether (sulfide) groups is 1. The monoisotopic (exact) mass is 352 g/mol. The second kappa shape index (κ2) is 6.90. The van der Waals surface area contributed by atoms with Crippen LogP contribution in [-0.4, -0.2) is 52.8 Å². The lowest BCUT2D eigenvalue weighted by atomic mass is 10.0. The van der Waals surface area contributed by atoms with Gasteiger partial charge in [0.25, 0.3) is 0 Å². The van der Waals surface area contributed by atoms with Gasteiger partial charge in [0.15, 0.2) is 4.34 Å². The molecule has 8 nitrogen and oxygen atoms in total. The molecule has 1 fully saturated rings. The molecule has 0 bridgehead atoms. The van der Waals surface area contributed by atoms with Crippen molar-refractivity contribution in [1.29, 1.82) is 0 Å². The largest absolute Gasteiger partial charge is 0.481 e. The van der Waals surface area contributed by atoms with Crippen molar-refractivity contribution in [3.05, 3.63) is 0 Å². The summed E-state index contributed by atoms with van der Waals surface area (Å²) < 4.78 is 28.7. The summed E-state index contributed by atoms with van der Waals surface area (Å²) in [5.41, 5.74) is 0. The van der Waals surface area contributed by atoms with Crippen molar-refractivity contribution in [1.82, 2.24) is 14.5 Å². The first-order valence-electron chi connectivity index (χ1n) is 6.33. The molecule has 1 atom stereocenters. The van der Waals surface area contributed by atoms with Crippen molar-refractivity contribution in [2.75, 3.05) is 23.6 Å². The number of hydrogen-bond acceptors (Lipinski definition) is 7. The molecular formula is C10H16N4O4S3. The zero-order valence-electron chi connectivity index (χ0n) is 11.4. The van der Waals surface area contributed by atoms with E-state index in [1.807, 2.05) is 6.92 Å². The van der Waals surface area contributed by atoms with Crippen molar-refractivity contribution in [3.8, 4) is 0 Å². The molecule has 2 rings (SSSR count). The molecule has 1 saturated heterocycles. The second-order valence-corrected chi connectivity index (χ2v) is 8.64. The fourth-order valence-electron chi connectivity index (χ4n) is 1.97. The Balaban J connectivity index is 1.98. The van der Waals surface area contributed by atoms with E-state index in [1.54, 1.807) is 0 Å². The molecular weight excluding hydrogens is 336 g/mol. The molecule has 0 aromatic carbocycles. The van der Waals surface area contributed by atoms with Gasteiger partial charge in [-0.3, -0.25) is 4.79 Å². The summed E-state index contributed by atoms with van der Waals surface area (Å²) in [6.45, 7) is 3.02. The number of nitrogens with zero attached hydrogens (tertiary/aromatic N) is 3. The SMILES string of the molecule is CC1CCCN(S(=O)(=O)Nc2nnc(SCC(=O)O)s2)C1. The van der Waals surface area contributed by atoms with Crippen molar-refractivity contribution >= 4 is 44.4 Å². The molecule has 1 aromatic heterocycles. The maximum absolute atomic E-state index is 12.2. The van der Waals surface area contributed by atoms with Gasteiger partial charge in [-0.15, -0.1) is 10.2 Å². The first-order valence-corrected chi connectivity index (χ1v) is 9.57. The topological polar surface area (TPSA) is 112 Å². The van der Waals surface area contributed by atoms with Gasteiger partial charge in [0.05, 0.1) is 5.75 Å². The molecule has 11 heteroatoms. The molecule has 1 unspecified atom stereocenters. The van der Waals surface area contributed by atoms with Crippen molar-refractivity contribution < 1.29 is 18.3 Å². The standard InChI is InChI=1S/C10H16N4O4S3/c1-7-3-2-4-14(5-7)21(17,18)13-9-11-12-10(20-9)19-6-8(15)16/h7H,2-6H2,1H3,(H,11,13)(H,15,16). The molecule has 0 aliphatic carbocycles. The molecule has 0 amide bonds. The quantitative estimate of drug-likeness (QED) is 0.737. The van der Waals surface area contributed by atoms with Crippen LogP contribution in [-0.2, 0) is 15.0 Å². The lowest BCUT2D eigenvalue weighted by Gasteiger charge is -2.29. The maximum Gasteiger partial charge on any atom is 0.313 e. The lowest BCUT2D eigenvalue weighted by molar-refractivity contribution is -0.133. The third kappa shape index (κ3) is 4.80. The van der Waals surface area contributed by atoms with Gasteiger partial charge in [-0.1, -0.05) is 30.0 Å². The van der Waals surface area contributed by atoms with Crippen molar-refractivity contribution in [2.45, 2.75) is 24.1 Å². The van der Waals surface area contributed by atoms with Crippen LogP contribution in [0, 0.1) is 5.92 Å². The Bertz CT molecular complexity index is 603. The van der Waals surface area contributed by atoms with E-state index in [1.165, 1.54) is 4.31 Å². The minimum absolute atomic E-state index is 0.134. The minimum Gasteiger partial charge on any atom is -0.481 e. The third-order valence-electron chi connectivity index (χ3n) is 2.90. The van der Waals surface area contributed by atoms with Crippen LogP contribution in [0.2, 0.25) is 0 Å². The van der Waals surface area contributed by atoms with E-state index in [4.69, 9.17) is 5.11 Å². The smallest absolute Gasteiger partial charge is 0.313 e. The van der Waals surface area contributed by atoms with Crippen LogP contribution in [0.1, 0.15) is 19.8 Å². The number of carbonyl (C=O) groups is 1. The van der Waals surface area contributed by atoms with Gasteiger partial charge in [-0.2, -0.15) is 12.7 Å². The number of aromatic nitrogens is 2. The third-order valence-corrected chi connectivity index (χ3v) is 6.45. The average molecular weight is 352 g/mol. The van der Waals surface area contributed by atoms with E-state index in [9.17, 15) is 13.2 Å². The Kier molecular flexibility index (Phi) is 5.41. The summed E-state index contributed by atoms with van der Waals surface area (Å²) >= 11 is 2.04. The fraction of sp³-hybridized carbons (Fsp3) is 0.700. The number of rotatable bonds is 6. The summed E-state index contributed by atoms with van der Waals surface area (Å²) in [6.07, 6.45) is 1.87. The number of hydrogen-bond donors (Lipinski definition) is 2. The van der Waals surface area contributed by atoms with E-state index in [2.05, 4.69) is 14.9 Å². The molecule has 0 spiro atoms. The van der Waals surface area contributed by atoms with Gasteiger partial charge in [0.2, 0.25) is 5.13 Å². The van der Waals surface area contributed by atoms with E-state index in [0.29, 0.717) is 23.3 Å². The first kappa shape index (κ1) is 16.5. The second-order valence-electron chi connectivity index (χ2n) is 4.77. The zero-order valence-corrected chi connectivity index (χ0v) is 13.8. The Morgan fingerprint density at radius 1 is 1.57 bits per heavy atom. The van der Waals surface area contributed by atoms with E-state index in [0.717, 1.165) is 35.9 Å². The maximum atomic E-state index is 12.2. The lowest BCUT2D eigenvalue weighted by Crippen LogP contribution is -2.42. The molecule has 2 heterocycles. The Labute approximate surface area is 131 Å². The Morgan fingerprint density at radius 3 is 3.00 bits per heavy atom. The van der Waals surface area contributed by atoms with Crippen LogP contribution in [0.5, 0.6) is 0 Å². The van der Waals surface area contributed by atoms with Crippen LogP contribution in [0.3, 0.4) is 0 Å². The molecule has 0 saturated carbocycles. The van der Waals surface area contributed by atoms with Gasteiger partial charge in [-0.05, 0) is 18.8 Å². The van der Waals surface area contributed by atoms with Gasteiger partial charge in [0.1, 0.15) is 0 Å². The average Bonchev–Trinajstić information content (AvgIpc) is 2.83. The molecule has 1 aliphatic rings. The predicted octanol–water partition coefficient (Wildman–Crippen LogP) is 1.10. The summed E-state index contributed by atoms with van der Waals surface area (Å²) in [6, 6.07) is 0. The normalized spacial score (nSPS) is 20.3. The number of nitrogens with one attached hydrogen (secondary N) is 1. The highest BCUT2D eigenvalue weighted by molar-refractivity contribution is 8.01. The highest BCUT2D eigenvalue weighted by Gasteiger charge is 2.27. The van der Waals surface area contributed by atoms with Gasteiger partial charge >= 0.3 is 16.2 Å². The number of piperidine rings is 1. The van der Waals surface area contributed by atoms with Crippen molar-refractivity contribution in [3.63, 3.8) is 0 Å². The number of carboxylic acids is 1. The number of carboxylic acid groups (broad SMARTS) is 1. The zero-order chi connectivity index (χ0) is 15.5. The number of anilines is 1. The van der Waals surface area contributed by atoms with Crippen LogP contribution < -0.4 is 4.72 Å². The predicted molar refractivity (Wildman–Crippen MR) is 80.8 cm³/mol. The Hall–Kier alpha value is -0.910. The van der Waals surface area contributed by atoms with E-state index >= 15 is 0 Å². The van der Waals surface area contributed by atoms with Crippen molar-refractivity contribution in [2.24, 2.45) is 5.92 Å². The molecule has 1 aliphatic heterocycles. The molecule has 1 aromatic rings. The van der Waals surface area contributed by atoms with E-state index in [-0.39, 0.29) is 10.9 Å². The number of aliphatic carboxylic acids is 1. The molecule has 2 N–H and O–H groups in total. The Morgan fingerprint density at radius 2 is 2.33 bits per heavy atom. The summed E-state index contributed by atoms with van der Waals surface area (Å²) in [5, 5.41) is 16.2. The van der Waals surface area contributed by atoms with Crippen LogP contribution >= 0.6 is 23.1 Å². The molecule has 0 radical (unpaired) electrons. The van der Waals surface area contributed by atoms with Gasteiger partial charge in [0, 0.05) is 13.1 Å². The fourth-order valence-corrected chi connectivity index (χ4v) is 4.99. The first-order chi connectivity index (χ1) is 9.87. The summed E-state index contributed by atoms with van der Waals surface area (Å²) in [7, 11) is -3.62. The highest BCUT2D eigenvalue weighted by Crippen LogP contribution is 2.27. The van der Waals surface area contributed by atoms with Crippen LogP contribution in [0.15, 0.2) is 4.34 Å². The molecule has 21 heavy (non-hydrogen) atoms. The minimum atomic E-state index is -3.62. The van der Waals surface area contributed by atoms with Gasteiger partial charge < -0.3 is 5.11 Å². The summed E-state index contributed by atoms with van der Waals surface area (Å²) in [5.74, 6) is -0.753. The summed E-state index contributed by atoms with van der Waals surface area (Å²) in [4.78, 5) is 10.5. The van der Waals surface area contributed by atoms with Crippen LogP contribution in [0.25, 0.3) is 0 Å². The van der Waals surface area contributed by atoms with Crippen LogP contribution in [0.4, 0.5) is 5.13 Å².